The Morgan fingerprint density at radius 1 is 1.20 bits per heavy atom. The van der Waals surface area contributed by atoms with E-state index in [0.29, 0.717) is 0 Å². The summed E-state index contributed by atoms with van der Waals surface area (Å²) in [6.07, 6.45) is 6.15. The van der Waals surface area contributed by atoms with Gasteiger partial charge in [0.15, 0.2) is 0 Å². The molecule has 0 fully saturated rings. The van der Waals surface area contributed by atoms with Gasteiger partial charge in [0.05, 0.1) is 0 Å². The van der Waals surface area contributed by atoms with Crippen molar-refractivity contribution in [3.05, 3.63) is 0 Å². The van der Waals surface area contributed by atoms with Gasteiger partial charge in [-0.2, -0.15) is 0 Å². The second kappa shape index (κ2) is 1.08. The van der Waals surface area contributed by atoms with Crippen LogP contribution in [0.15, 0.2) is 0 Å². The van der Waals surface area contributed by atoms with Crippen molar-refractivity contribution in [1.29, 1.82) is 0 Å². The molecule has 0 aliphatic heterocycles. The van der Waals surface area contributed by atoms with E-state index in [4.69, 9.17) is 5.69 Å². The Labute approximate surface area is 34.7 Å². The smallest absolute Gasteiger partial charge is 0.0257 e. The molecule has 0 atom stereocenters. The highest BCUT2D eigenvalue weighted by molar-refractivity contribution is 8.22. The lowest BCUT2D eigenvalue weighted by Crippen LogP contribution is -1.64. The molecule has 0 amide bonds. The average molecular weight is 90.2 g/mol. The van der Waals surface area contributed by atoms with E-state index >= 15 is 0 Å². The zero-order valence-electron chi connectivity index (χ0n) is 3.99. The SMILES string of the molecule is C#S(C)(C)C. The molecule has 0 radical (unpaired) electrons. The van der Waals surface area contributed by atoms with E-state index in [2.05, 4.69) is 0 Å². The normalized spacial score (nSPS) is 11.6. The monoisotopic (exact) mass is 90.1 g/mol. The molecule has 0 saturated heterocycles. The second-order valence-corrected chi connectivity index (χ2v) is 5.80. The molecule has 32 valence electrons. The molecule has 1 heteroatoms. The molecule has 0 unspecified atom stereocenters. The third-order valence-corrected chi connectivity index (χ3v) is 0. The quantitative estimate of drug-likeness (QED) is 0.420. The van der Waals surface area contributed by atoms with Crippen LogP contribution in [-0.4, -0.2) is 18.8 Å². The van der Waals surface area contributed by atoms with Gasteiger partial charge in [-0.25, -0.2) is 9.44 Å². The second-order valence-electron chi connectivity index (χ2n) is 1.93. The molecule has 0 spiro atoms. The van der Waals surface area contributed by atoms with Crippen LogP contribution in [0.1, 0.15) is 0 Å². The minimum atomic E-state index is -0.667. The lowest BCUT2D eigenvalue weighted by molar-refractivity contribution is 2.18. The van der Waals surface area contributed by atoms with Crippen LogP contribution in [0.2, 0.25) is 0 Å². The summed E-state index contributed by atoms with van der Waals surface area (Å²) in [4.78, 5) is 0. The molecular formula is C4H10S. The van der Waals surface area contributed by atoms with Gasteiger partial charge in [-0.05, 0) is 18.8 Å². The van der Waals surface area contributed by atoms with Gasteiger partial charge in [-0.3, -0.25) is 0 Å². The van der Waals surface area contributed by atoms with Gasteiger partial charge < -0.3 is 0 Å². The summed E-state index contributed by atoms with van der Waals surface area (Å²) in [5.41, 5.74) is 5.44. The summed E-state index contributed by atoms with van der Waals surface area (Å²) >= 11 is 0. The fourth-order valence-corrected chi connectivity index (χ4v) is 0. The third kappa shape index (κ3) is 1110. The first-order valence-electron chi connectivity index (χ1n) is 1.46. The maximum atomic E-state index is 5.44. The van der Waals surface area contributed by atoms with Crippen LogP contribution in [0.5, 0.6) is 0 Å². The van der Waals surface area contributed by atoms with E-state index in [9.17, 15) is 0 Å². The molecular weight excluding hydrogens is 80.1 g/mol. The highest BCUT2D eigenvalue weighted by Crippen LogP contribution is 2.11. The van der Waals surface area contributed by atoms with Crippen LogP contribution in [0.3, 0.4) is 0 Å². The van der Waals surface area contributed by atoms with Gasteiger partial charge >= 0.3 is 0 Å². The zero-order chi connectivity index (χ0) is 4.50. The van der Waals surface area contributed by atoms with E-state index < -0.39 is 9.44 Å². The fraction of sp³-hybridized carbons (Fsp3) is 0.750. The Bertz CT molecular complexity index is 82.8. The van der Waals surface area contributed by atoms with Crippen LogP contribution in [-0.2, 0) is 0 Å². The topological polar surface area (TPSA) is 0 Å². The van der Waals surface area contributed by atoms with Gasteiger partial charge in [-0.1, -0.05) is 0 Å². The van der Waals surface area contributed by atoms with E-state index in [0.717, 1.165) is 0 Å². The first-order valence-corrected chi connectivity index (χ1v) is 4.38. The predicted octanol–water partition coefficient (Wildman–Crippen LogP) is 1.27. The minimum Gasteiger partial charge on any atom is -0.200 e. The summed E-state index contributed by atoms with van der Waals surface area (Å²) in [5, 5.41) is 0. The van der Waals surface area contributed by atoms with Crippen LogP contribution in [0, 0.1) is 5.69 Å². The molecule has 0 nitrogen and oxygen atoms in total. The Balaban J connectivity index is 3.66. The molecule has 0 rings (SSSR count). The summed E-state index contributed by atoms with van der Waals surface area (Å²) in [6, 6.07) is 0. The molecule has 0 aromatic heterocycles. The molecule has 0 aliphatic rings. The number of hydrogen-bond acceptors (Lipinski definition) is 0. The molecule has 0 saturated carbocycles. The van der Waals surface area contributed by atoms with E-state index in [1.54, 1.807) is 0 Å². The third-order valence-electron chi connectivity index (χ3n) is 0. The minimum absolute atomic E-state index is 0.667. The Morgan fingerprint density at radius 2 is 1.20 bits per heavy atom. The van der Waals surface area contributed by atoms with Gasteiger partial charge in [0, 0.05) is 0 Å². The van der Waals surface area contributed by atoms with Crippen LogP contribution < -0.4 is 0 Å². The van der Waals surface area contributed by atoms with Gasteiger partial charge in [0.2, 0.25) is 0 Å². The maximum Gasteiger partial charge on any atom is -0.0257 e. The van der Waals surface area contributed by atoms with Crippen LogP contribution in [0.4, 0.5) is 0 Å². The molecule has 5 heavy (non-hydrogen) atoms. The van der Waals surface area contributed by atoms with Crippen molar-refractivity contribution in [3.63, 3.8) is 0 Å². The van der Waals surface area contributed by atoms with Crippen molar-refractivity contribution >= 4 is 9.44 Å². The fourth-order valence-electron chi connectivity index (χ4n) is 0. The summed E-state index contributed by atoms with van der Waals surface area (Å²) in [5.74, 6) is 0. The molecule has 0 heterocycles. The van der Waals surface area contributed by atoms with Crippen molar-refractivity contribution in [2.45, 2.75) is 0 Å². The Hall–Kier alpha value is 0.130. The zero-order valence-corrected chi connectivity index (χ0v) is 4.80. The van der Waals surface area contributed by atoms with Crippen LogP contribution >= 0.6 is 9.44 Å². The van der Waals surface area contributed by atoms with Crippen molar-refractivity contribution in [2.24, 2.45) is 0 Å². The molecule has 0 N–H and O–H groups in total. The van der Waals surface area contributed by atoms with Crippen molar-refractivity contribution in [2.75, 3.05) is 18.8 Å². The standard InChI is InChI=1S/C4H10S/c1-5(2,3)4/h1H,2-4H3. The summed E-state index contributed by atoms with van der Waals surface area (Å²) in [6.45, 7) is 0. The first-order chi connectivity index (χ1) is 2.00. The summed E-state index contributed by atoms with van der Waals surface area (Å²) < 4.78 is 0. The number of rotatable bonds is 0. The predicted molar refractivity (Wildman–Crippen MR) is 30.3 cm³/mol. The van der Waals surface area contributed by atoms with Crippen molar-refractivity contribution in [3.8, 4) is 5.69 Å². The molecule has 0 aromatic carbocycles. The lowest BCUT2D eigenvalue weighted by Gasteiger charge is -1.95. The van der Waals surface area contributed by atoms with E-state index in [-0.39, 0.29) is 0 Å². The maximum absolute atomic E-state index is 5.44. The highest BCUT2D eigenvalue weighted by atomic mass is 32.2. The number of hydrogen-bond donors (Lipinski definition) is 0. The summed E-state index contributed by atoms with van der Waals surface area (Å²) in [7, 11) is -0.667. The molecule has 0 aromatic rings. The van der Waals surface area contributed by atoms with E-state index in [1.807, 2.05) is 18.8 Å². The van der Waals surface area contributed by atoms with Gasteiger partial charge in [-0.15, -0.1) is 5.69 Å². The highest BCUT2D eigenvalue weighted by Gasteiger charge is 1.71. The Kier molecular flexibility index (Phi) is 1.10. The average Bonchev–Trinajstić information content (AvgIpc) is 0.722. The van der Waals surface area contributed by atoms with E-state index in [1.165, 1.54) is 0 Å². The van der Waals surface area contributed by atoms with Gasteiger partial charge in [0.1, 0.15) is 0 Å². The van der Waals surface area contributed by atoms with Gasteiger partial charge in [0.25, 0.3) is 0 Å². The lowest BCUT2D eigenvalue weighted by atomic mass is 11.8. The largest absolute Gasteiger partial charge is 0.200 e. The van der Waals surface area contributed by atoms with Crippen molar-refractivity contribution in [1.82, 2.24) is 0 Å². The first kappa shape index (κ1) is 5.13. The molecule has 0 aliphatic carbocycles. The molecule has 0 bridgehead atoms. The Morgan fingerprint density at radius 3 is 1.20 bits per heavy atom. The van der Waals surface area contributed by atoms with Crippen molar-refractivity contribution < 1.29 is 0 Å². The van der Waals surface area contributed by atoms with Crippen LogP contribution in [0.25, 0.3) is 0 Å².